The number of nitrogens with two attached hydrogens (primary N) is 1. The third-order valence-electron chi connectivity index (χ3n) is 3.66. The number of benzene rings is 2. The van der Waals surface area contributed by atoms with Crippen LogP contribution in [-0.2, 0) is 19.1 Å². The number of alkyl halides is 3. The van der Waals surface area contributed by atoms with Crippen LogP contribution in [0.25, 0.3) is 0 Å². The minimum Gasteiger partial charge on any atom is -0.390 e. The van der Waals surface area contributed by atoms with E-state index in [9.17, 15) is 13.2 Å². The Kier molecular flexibility index (Phi) is 7.01. The Balaban J connectivity index is 0.000000817. The van der Waals surface area contributed by atoms with Crippen molar-refractivity contribution in [3.8, 4) is 0 Å². The molecule has 1 heterocycles. The van der Waals surface area contributed by atoms with E-state index in [-0.39, 0.29) is 12.0 Å². The molecule has 3 N–H and O–H groups in total. The smallest absolute Gasteiger partial charge is 0.390 e. The van der Waals surface area contributed by atoms with Gasteiger partial charge in [-0.05, 0) is 29.3 Å². The van der Waals surface area contributed by atoms with Crippen LogP contribution in [0.5, 0.6) is 0 Å². The van der Waals surface area contributed by atoms with Crippen molar-refractivity contribution in [2.75, 3.05) is 0 Å². The molecule has 8 heteroatoms. The summed E-state index contributed by atoms with van der Waals surface area (Å²) in [5, 5.41) is 6.52. The second-order valence-corrected chi connectivity index (χ2v) is 6.10. The number of nitrogens with zero attached hydrogens (tertiary/aromatic N) is 2. The van der Waals surface area contributed by atoms with Gasteiger partial charge in [0.2, 0.25) is 0 Å². The molecule has 0 aliphatic heterocycles. The summed E-state index contributed by atoms with van der Waals surface area (Å²) >= 11 is 5.85. The standard InChI is InChI=1S/C18H14ClF3N2.CH4N2/c19-15-7-5-13(6-8-15)10-24-11-16(23-12-24)9-14-3-1-2-4-17(14)18(20,21)22;2-1-3/h1-8,11-12H,9-10H2;1H,(H3,2,3). The maximum Gasteiger partial charge on any atom is 0.416 e. The normalized spacial score (nSPS) is 10.8. The fourth-order valence-electron chi connectivity index (χ4n) is 2.53. The van der Waals surface area contributed by atoms with E-state index in [1.165, 1.54) is 12.1 Å². The van der Waals surface area contributed by atoms with Gasteiger partial charge in [0.1, 0.15) is 0 Å². The molecule has 3 rings (SSSR count). The maximum atomic E-state index is 13.0. The van der Waals surface area contributed by atoms with Crippen LogP contribution in [-0.4, -0.2) is 15.9 Å². The third kappa shape index (κ3) is 6.14. The number of nitrogens with one attached hydrogen (secondary N) is 1. The van der Waals surface area contributed by atoms with Gasteiger partial charge in [-0.2, -0.15) is 13.2 Å². The average Bonchev–Trinajstić information content (AvgIpc) is 3.04. The van der Waals surface area contributed by atoms with Gasteiger partial charge in [-0.3, -0.25) is 5.41 Å². The fraction of sp³-hybridized carbons (Fsp3) is 0.158. The Bertz CT molecular complexity index is 873. The second kappa shape index (κ2) is 9.23. The summed E-state index contributed by atoms with van der Waals surface area (Å²) in [5.41, 5.74) is 5.64. The van der Waals surface area contributed by atoms with E-state index in [4.69, 9.17) is 17.0 Å². The Morgan fingerprint density at radius 3 is 2.37 bits per heavy atom. The van der Waals surface area contributed by atoms with Gasteiger partial charge in [0, 0.05) is 24.2 Å². The minimum absolute atomic E-state index is 0.142. The number of halogens is 4. The second-order valence-electron chi connectivity index (χ2n) is 5.66. The topological polar surface area (TPSA) is 67.7 Å². The van der Waals surface area contributed by atoms with E-state index in [0.717, 1.165) is 18.0 Å². The van der Waals surface area contributed by atoms with E-state index in [0.29, 0.717) is 17.3 Å². The molecule has 0 fully saturated rings. The van der Waals surface area contributed by atoms with Crippen molar-refractivity contribution in [1.82, 2.24) is 9.55 Å². The summed E-state index contributed by atoms with van der Waals surface area (Å²) in [6.45, 7) is 0.588. The molecule has 0 bridgehead atoms. The highest BCUT2D eigenvalue weighted by molar-refractivity contribution is 6.30. The molecule has 0 saturated heterocycles. The molecule has 1 aromatic heterocycles. The first-order valence-electron chi connectivity index (χ1n) is 7.94. The van der Waals surface area contributed by atoms with Crippen molar-refractivity contribution < 1.29 is 13.2 Å². The van der Waals surface area contributed by atoms with Gasteiger partial charge in [0.05, 0.1) is 23.9 Å². The van der Waals surface area contributed by atoms with E-state index >= 15 is 0 Å². The molecule has 4 nitrogen and oxygen atoms in total. The van der Waals surface area contributed by atoms with E-state index < -0.39 is 11.7 Å². The predicted molar refractivity (Wildman–Crippen MR) is 100 cm³/mol. The molecule has 0 radical (unpaired) electrons. The molecule has 0 spiro atoms. The first-order valence-corrected chi connectivity index (χ1v) is 8.32. The average molecular weight is 395 g/mol. The zero-order chi connectivity index (χ0) is 19.9. The van der Waals surface area contributed by atoms with Crippen LogP contribution in [0.3, 0.4) is 0 Å². The first-order chi connectivity index (χ1) is 12.8. The summed E-state index contributed by atoms with van der Waals surface area (Å²) in [5.74, 6) is 0. The van der Waals surface area contributed by atoms with Gasteiger partial charge < -0.3 is 10.3 Å². The van der Waals surface area contributed by atoms with Crippen LogP contribution in [0.1, 0.15) is 22.4 Å². The zero-order valence-electron chi connectivity index (χ0n) is 14.2. The number of rotatable bonds is 4. The Hall–Kier alpha value is -2.80. The van der Waals surface area contributed by atoms with Crippen LogP contribution in [0.2, 0.25) is 5.02 Å². The van der Waals surface area contributed by atoms with Crippen molar-refractivity contribution >= 4 is 17.9 Å². The van der Waals surface area contributed by atoms with Crippen molar-refractivity contribution in [1.29, 1.82) is 5.41 Å². The van der Waals surface area contributed by atoms with Gasteiger partial charge in [0.15, 0.2) is 0 Å². The Labute approximate surface area is 159 Å². The van der Waals surface area contributed by atoms with Gasteiger partial charge in [-0.15, -0.1) is 0 Å². The molecule has 3 aromatic rings. The Morgan fingerprint density at radius 1 is 1.11 bits per heavy atom. The predicted octanol–water partition coefficient (Wildman–Crippen LogP) is 4.75. The highest BCUT2D eigenvalue weighted by Gasteiger charge is 2.32. The number of hydrogen-bond acceptors (Lipinski definition) is 2. The zero-order valence-corrected chi connectivity index (χ0v) is 15.0. The van der Waals surface area contributed by atoms with Crippen LogP contribution in [0, 0.1) is 5.41 Å². The molecule has 0 amide bonds. The summed E-state index contributed by atoms with van der Waals surface area (Å²) in [6.07, 6.45) is -0.0757. The van der Waals surface area contributed by atoms with Crippen LogP contribution >= 0.6 is 11.6 Å². The summed E-state index contributed by atoms with van der Waals surface area (Å²) in [4.78, 5) is 4.22. The highest BCUT2D eigenvalue weighted by Crippen LogP contribution is 2.32. The monoisotopic (exact) mass is 394 g/mol. The highest BCUT2D eigenvalue weighted by atomic mass is 35.5. The molecule has 0 aliphatic rings. The summed E-state index contributed by atoms with van der Waals surface area (Å²) in [6, 6.07) is 13.0. The molecule has 0 atom stereocenters. The largest absolute Gasteiger partial charge is 0.416 e. The van der Waals surface area contributed by atoms with Crippen molar-refractivity contribution in [3.63, 3.8) is 0 Å². The first kappa shape index (κ1) is 20.5. The number of imidazole rings is 1. The minimum atomic E-state index is -4.36. The lowest BCUT2D eigenvalue weighted by Gasteiger charge is -2.11. The molecule has 0 unspecified atom stereocenters. The van der Waals surface area contributed by atoms with Crippen LogP contribution < -0.4 is 5.73 Å². The lowest BCUT2D eigenvalue weighted by molar-refractivity contribution is -0.138. The lowest BCUT2D eigenvalue weighted by atomic mass is 10.0. The summed E-state index contributed by atoms with van der Waals surface area (Å²) in [7, 11) is 0. The number of hydrogen-bond donors (Lipinski definition) is 2. The van der Waals surface area contributed by atoms with Crippen LogP contribution in [0.15, 0.2) is 61.1 Å². The van der Waals surface area contributed by atoms with Crippen molar-refractivity contribution in [2.45, 2.75) is 19.1 Å². The van der Waals surface area contributed by atoms with Gasteiger partial charge >= 0.3 is 6.18 Å². The van der Waals surface area contributed by atoms with E-state index in [1.54, 1.807) is 30.7 Å². The fourth-order valence-corrected chi connectivity index (χ4v) is 2.66. The van der Waals surface area contributed by atoms with Crippen molar-refractivity contribution in [3.05, 3.63) is 88.5 Å². The van der Waals surface area contributed by atoms with Gasteiger partial charge in [0.25, 0.3) is 0 Å². The van der Waals surface area contributed by atoms with Gasteiger partial charge in [-0.25, -0.2) is 4.98 Å². The lowest BCUT2D eigenvalue weighted by Crippen LogP contribution is -2.09. The maximum absolute atomic E-state index is 13.0. The molecule has 142 valence electrons. The third-order valence-corrected chi connectivity index (χ3v) is 3.91. The molecule has 2 aromatic carbocycles. The molecule has 0 aliphatic carbocycles. The molecule has 0 saturated carbocycles. The SMILES string of the molecule is FC(F)(F)c1ccccc1Cc1cn(Cc2ccc(Cl)cc2)cn1.N=CN. The van der Waals surface area contributed by atoms with E-state index in [2.05, 4.69) is 10.7 Å². The quantitative estimate of drug-likeness (QED) is 0.495. The summed E-state index contributed by atoms with van der Waals surface area (Å²) < 4.78 is 41.0. The van der Waals surface area contributed by atoms with Crippen molar-refractivity contribution in [2.24, 2.45) is 5.73 Å². The number of aromatic nitrogens is 2. The Morgan fingerprint density at radius 2 is 1.74 bits per heavy atom. The molecular weight excluding hydrogens is 377 g/mol. The van der Waals surface area contributed by atoms with Crippen LogP contribution in [0.4, 0.5) is 13.2 Å². The molecular formula is C19H18ClF3N4. The van der Waals surface area contributed by atoms with Gasteiger partial charge in [-0.1, -0.05) is 41.9 Å². The molecule has 27 heavy (non-hydrogen) atoms. The van der Waals surface area contributed by atoms with E-state index in [1.807, 2.05) is 16.7 Å².